The summed E-state index contributed by atoms with van der Waals surface area (Å²) in [5, 5.41) is 0. The Balaban J connectivity index is 2.20. The van der Waals surface area contributed by atoms with Gasteiger partial charge in [-0.25, -0.2) is 4.98 Å². The van der Waals surface area contributed by atoms with Crippen LogP contribution in [0, 0.1) is 10.5 Å². The van der Waals surface area contributed by atoms with Crippen molar-refractivity contribution in [3.63, 3.8) is 0 Å². The molecule has 0 amide bonds. The number of aryl methyl sites for hydroxylation is 1. The van der Waals surface area contributed by atoms with Gasteiger partial charge >= 0.3 is 0 Å². The fourth-order valence-corrected chi connectivity index (χ4v) is 2.34. The number of benzene rings is 1. The number of halogens is 1. The van der Waals surface area contributed by atoms with Crippen LogP contribution in [-0.2, 0) is 6.42 Å². The van der Waals surface area contributed by atoms with Gasteiger partial charge in [-0.2, -0.15) is 0 Å². The predicted octanol–water partition coefficient (Wildman–Crippen LogP) is 3.68. The number of ether oxygens (including phenoxy) is 1. The first-order valence-corrected chi connectivity index (χ1v) is 7.27. The number of nitrogens with zero attached hydrogens (tertiary/aromatic N) is 1. The largest absolute Gasteiger partial charge is 0.438 e. The molecule has 0 bridgehead atoms. The van der Waals surface area contributed by atoms with Gasteiger partial charge in [-0.3, -0.25) is 0 Å². The average molecular weight is 368 g/mol. The Morgan fingerprint density at radius 1 is 1.37 bits per heavy atom. The third-order valence-corrected chi connectivity index (χ3v) is 3.58. The highest BCUT2D eigenvalue weighted by molar-refractivity contribution is 14.1. The molecule has 0 saturated carbocycles. The average Bonchev–Trinajstić information content (AvgIpc) is 2.34. The zero-order chi connectivity index (χ0) is 13.8. The van der Waals surface area contributed by atoms with E-state index in [0.29, 0.717) is 5.88 Å². The maximum Gasteiger partial charge on any atom is 0.222 e. The quantitative estimate of drug-likeness (QED) is 0.838. The van der Waals surface area contributed by atoms with E-state index in [0.717, 1.165) is 26.9 Å². The van der Waals surface area contributed by atoms with Gasteiger partial charge in [0.25, 0.3) is 0 Å². The van der Waals surface area contributed by atoms with Crippen LogP contribution in [0.25, 0.3) is 0 Å². The van der Waals surface area contributed by atoms with Gasteiger partial charge in [0, 0.05) is 17.8 Å². The first kappa shape index (κ1) is 14.3. The molecule has 0 aliphatic heterocycles. The van der Waals surface area contributed by atoms with Crippen LogP contribution >= 0.6 is 22.6 Å². The Kier molecular flexibility index (Phi) is 4.76. The summed E-state index contributed by atoms with van der Waals surface area (Å²) in [5.74, 6) is 1.48. The molecule has 100 valence electrons. The minimum Gasteiger partial charge on any atom is -0.438 e. The van der Waals surface area contributed by atoms with E-state index in [1.54, 1.807) is 0 Å². The molecule has 0 radical (unpaired) electrons. The fourth-order valence-electron chi connectivity index (χ4n) is 1.84. The SMILES string of the molecule is Cc1cc(CC(C)N)cnc1Oc1ccccc1I. The van der Waals surface area contributed by atoms with Crippen LogP contribution in [0.4, 0.5) is 0 Å². The van der Waals surface area contributed by atoms with Crippen molar-refractivity contribution in [3.8, 4) is 11.6 Å². The van der Waals surface area contributed by atoms with E-state index in [-0.39, 0.29) is 6.04 Å². The molecule has 0 fully saturated rings. The highest BCUT2D eigenvalue weighted by Gasteiger charge is 2.07. The van der Waals surface area contributed by atoms with Crippen molar-refractivity contribution < 1.29 is 4.74 Å². The van der Waals surface area contributed by atoms with E-state index in [2.05, 4.69) is 33.6 Å². The molecule has 2 rings (SSSR count). The summed E-state index contributed by atoms with van der Waals surface area (Å²) in [7, 11) is 0. The Morgan fingerprint density at radius 2 is 2.11 bits per heavy atom. The van der Waals surface area contributed by atoms with Crippen LogP contribution in [0.3, 0.4) is 0 Å². The number of rotatable bonds is 4. The molecule has 0 spiro atoms. The summed E-state index contributed by atoms with van der Waals surface area (Å²) in [6.45, 7) is 3.99. The van der Waals surface area contributed by atoms with Gasteiger partial charge < -0.3 is 10.5 Å². The summed E-state index contributed by atoms with van der Waals surface area (Å²) in [6.07, 6.45) is 2.67. The second kappa shape index (κ2) is 6.34. The third-order valence-electron chi connectivity index (χ3n) is 2.69. The number of para-hydroxylation sites is 1. The van der Waals surface area contributed by atoms with E-state index in [1.165, 1.54) is 0 Å². The van der Waals surface area contributed by atoms with Crippen LogP contribution in [0.2, 0.25) is 0 Å². The zero-order valence-electron chi connectivity index (χ0n) is 11.1. The lowest BCUT2D eigenvalue weighted by Crippen LogP contribution is -2.17. The zero-order valence-corrected chi connectivity index (χ0v) is 13.2. The minimum atomic E-state index is 0.142. The molecule has 19 heavy (non-hydrogen) atoms. The summed E-state index contributed by atoms with van der Waals surface area (Å²) < 4.78 is 6.92. The molecular weight excluding hydrogens is 351 g/mol. The van der Waals surface area contributed by atoms with E-state index >= 15 is 0 Å². The highest BCUT2D eigenvalue weighted by Crippen LogP contribution is 2.27. The first-order chi connectivity index (χ1) is 9.06. The third kappa shape index (κ3) is 3.91. The number of hydrogen-bond donors (Lipinski definition) is 1. The summed E-state index contributed by atoms with van der Waals surface area (Å²) in [6, 6.07) is 10.1. The number of pyridine rings is 1. The van der Waals surface area contributed by atoms with Gasteiger partial charge in [0.2, 0.25) is 5.88 Å². The second-order valence-corrected chi connectivity index (χ2v) is 5.84. The number of aromatic nitrogens is 1. The van der Waals surface area contributed by atoms with Crippen molar-refractivity contribution in [2.75, 3.05) is 0 Å². The van der Waals surface area contributed by atoms with Crippen molar-refractivity contribution in [1.29, 1.82) is 0 Å². The fraction of sp³-hybridized carbons (Fsp3) is 0.267. The Labute approximate surface area is 127 Å². The maximum absolute atomic E-state index is 5.85. The molecule has 1 heterocycles. The molecule has 0 saturated heterocycles. The lowest BCUT2D eigenvalue weighted by Gasteiger charge is -2.11. The molecule has 3 nitrogen and oxygen atoms in total. The van der Waals surface area contributed by atoms with Crippen LogP contribution in [-0.4, -0.2) is 11.0 Å². The van der Waals surface area contributed by atoms with E-state index in [1.807, 2.05) is 44.3 Å². The van der Waals surface area contributed by atoms with Crippen molar-refractivity contribution in [3.05, 3.63) is 51.2 Å². The van der Waals surface area contributed by atoms with Crippen molar-refractivity contribution >= 4 is 22.6 Å². The summed E-state index contributed by atoms with van der Waals surface area (Å²) in [5.41, 5.74) is 7.96. The molecule has 2 N–H and O–H groups in total. The summed E-state index contributed by atoms with van der Waals surface area (Å²) in [4.78, 5) is 4.39. The Morgan fingerprint density at radius 3 is 2.74 bits per heavy atom. The lowest BCUT2D eigenvalue weighted by atomic mass is 10.1. The van der Waals surface area contributed by atoms with Crippen LogP contribution < -0.4 is 10.5 Å². The lowest BCUT2D eigenvalue weighted by molar-refractivity contribution is 0.455. The minimum absolute atomic E-state index is 0.142. The molecule has 0 aliphatic carbocycles. The van der Waals surface area contributed by atoms with Gasteiger partial charge in [-0.15, -0.1) is 0 Å². The molecule has 2 aromatic rings. The van der Waals surface area contributed by atoms with Gasteiger partial charge in [-0.05, 0) is 66.6 Å². The van der Waals surface area contributed by atoms with Crippen molar-refractivity contribution in [2.45, 2.75) is 26.3 Å². The van der Waals surface area contributed by atoms with E-state index in [4.69, 9.17) is 10.5 Å². The molecule has 1 aromatic heterocycles. The van der Waals surface area contributed by atoms with E-state index in [9.17, 15) is 0 Å². The van der Waals surface area contributed by atoms with Gasteiger partial charge in [0.05, 0.1) is 3.57 Å². The number of hydrogen-bond acceptors (Lipinski definition) is 3. The van der Waals surface area contributed by atoms with Crippen molar-refractivity contribution in [2.24, 2.45) is 5.73 Å². The predicted molar refractivity (Wildman–Crippen MR) is 85.6 cm³/mol. The maximum atomic E-state index is 5.85. The first-order valence-electron chi connectivity index (χ1n) is 6.19. The molecular formula is C15H17IN2O. The van der Waals surface area contributed by atoms with Crippen LogP contribution in [0.15, 0.2) is 36.5 Å². The van der Waals surface area contributed by atoms with Gasteiger partial charge in [0.1, 0.15) is 5.75 Å². The molecule has 1 atom stereocenters. The van der Waals surface area contributed by atoms with Crippen molar-refractivity contribution in [1.82, 2.24) is 4.98 Å². The Hall–Kier alpha value is -1.14. The summed E-state index contributed by atoms with van der Waals surface area (Å²) >= 11 is 2.25. The number of nitrogens with two attached hydrogens (primary N) is 1. The van der Waals surface area contributed by atoms with Crippen LogP contribution in [0.5, 0.6) is 11.6 Å². The second-order valence-electron chi connectivity index (χ2n) is 4.68. The van der Waals surface area contributed by atoms with Gasteiger partial charge in [-0.1, -0.05) is 12.1 Å². The molecule has 0 aliphatic rings. The molecule has 1 aromatic carbocycles. The topological polar surface area (TPSA) is 48.1 Å². The molecule has 4 heteroatoms. The normalized spacial score (nSPS) is 12.2. The van der Waals surface area contributed by atoms with Crippen LogP contribution in [0.1, 0.15) is 18.1 Å². The highest BCUT2D eigenvalue weighted by atomic mass is 127. The van der Waals surface area contributed by atoms with E-state index < -0.39 is 0 Å². The van der Waals surface area contributed by atoms with Gasteiger partial charge in [0.15, 0.2) is 0 Å². The monoisotopic (exact) mass is 368 g/mol. The molecule has 1 unspecified atom stereocenters. The standard InChI is InChI=1S/C15H17IN2O/c1-10-7-12(8-11(2)17)9-18-15(10)19-14-6-4-3-5-13(14)16/h3-7,9,11H,8,17H2,1-2H3. The smallest absolute Gasteiger partial charge is 0.222 e. The Bertz CT molecular complexity index is 570.